The number of benzene rings is 2. The van der Waals surface area contributed by atoms with Crippen LogP contribution in [0.2, 0.25) is 0 Å². The minimum atomic E-state index is -3.68. The smallest absolute Gasteiger partial charge is 0.243 e. The number of amides is 2. The molecule has 0 spiro atoms. The quantitative estimate of drug-likeness (QED) is 0.655. The van der Waals surface area contributed by atoms with E-state index in [4.69, 9.17) is 0 Å². The van der Waals surface area contributed by atoms with E-state index in [1.54, 1.807) is 17.0 Å². The molecule has 2 heterocycles. The number of sulfonamides is 1. The highest BCUT2D eigenvalue weighted by Crippen LogP contribution is 2.27. The Morgan fingerprint density at radius 3 is 2.30 bits per heavy atom. The van der Waals surface area contributed by atoms with E-state index in [1.807, 2.05) is 12.1 Å². The van der Waals surface area contributed by atoms with Gasteiger partial charge in [-0.2, -0.15) is 4.31 Å². The summed E-state index contributed by atoms with van der Waals surface area (Å²) in [6.45, 7) is 2.61. The zero-order valence-electron chi connectivity index (χ0n) is 18.5. The van der Waals surface area contributed by atoms with E-state index < -0.39 is 10.0 Å². The molecule has 4 rings (SSSR count). The van der Waals surface area contributed by atoms with Gasteiger partial charge in [-0.05, 0) is 56.5 Å². The minimum Gasteiger partial charge on any atom is -0.326 e. The second kappa shape index (κ2) is 9.44. The molecule has 33 heavy (non-hydrogen) atoms. The zero-order chi connectivity index (χ0) is 23.6. The molecule has 2 aromatic carbocycles. The predicted octanol–water partition coefficient (Wildman–Crippen LogP) is 3.06. The number of nitrogens with one attached hydrogen (secondary N) is 1. The van der Waals surface area contributed by atoms with Gasteiger partial charge in [-0.3, -0.25) is 14.4 Å². The van der Waals surface area contributed by atoms with Crippen LogP contribution in [-0.2, 0) is 19.6 Å². The third-order valence-electron chi connectivity index (χ3n) is 6.22. The van der Waals surface area contributed by atoms with E-state index in [2.05, 4.69) is 5.32 Å². The summed E-state index contributed by atoms with van der Waals surface area (Å²) in [5.74, 6) is -0.484. The summed E-state index contributed by atoms with van der Waals surface area (Å²) in [5.41, 5.74) is 1.85. The molecule has 0 saturated carbocycles. The molecular weight excluding hydrogens is 442 g/mol. The first-order chi connectivity index (χ1) is 15.8. The summed E-state index contributed by atoms with van der Waals surface area (Å²) in [5, 5.41) is 2.92. The molecule has 2 aromatic rings. The van der Waals surface area contributed by atoms with Gasteiger partial charge in [0.1, 0.15) is 0 Å². The number of hydrogen-bond acceptors (Lipinski definition) is 5. The van der Waals surface area contributed by atoms with Crippen molar-refractivity contribution in [3.8, 4) is 0 Å². The molecule has 2 fully saturated rings. The Bertz CT molecular complexity index is 1170. The van der Waals surface area contributed by atoms with E-state index in [-0.39, 0.29) is 41.5 Å². The largest absolute Gasteiger partial charge is 0.326 e. The molecule has 1 N–H and O–H groups in total. The first-order valence-electron chi connectivity index (χ1n) is 11.1. The molecule has 9 heteroatoms. The molecule has 0 bridgehead atoms. The van der Waals surface area contributed by atoms with Gasteiger partial charge in [0.15, 0.2) is 5.78 Å². The van der Waals surface area contributed by atoms with Crippen molar-refractivity contribution in [1.29, 1.82) is 0 Å². The number of piperidine rings is 1. The number of nitrogens with zero attached hydrogens (tertiary/aromatic N) is 2. The van der Waals surface area contributed by atoms with E-state index in [0.29, 0.717) is 37.1 Å². The average Bonchev–Trinajstić information content (AvgIpc) is 3.25. The molecule has 2 aliphatic heterocycles. The minimum absolute atomic E-state index is 0.0861. The molecule has 0 unspecified atom stereocenters. The van der Waals surface area contributed by atoms with Gasteiger partial charge >= 0.3 is 0 Å². The van der Waals surface area contributed by atoms with Gasteiger partial charge in [-0.1, -0.05) is 18.2 Å². The highest BCUT2D eigenvalue weighted by atomic mass is 32.2. The number of rotatable bonds is 6. The lowest BCUT2D eigenvalue weighted by atomic mass is 9.97. The first kappa shape index (κ1) is 23.1. The maximum Gasteiger partial charge on any atom is 0.243 e. The SMILES string of the molecule is CC(=O)c1ccc(S(=O)(=O)N2CCC(C(=O)Nc3cccc(N4CCCC4=O)c3)CC2)cc1. The van der Waals surface area contributed by atoms with Crippen LogP contribution in [0, 0.1) is 5.92 Å². The van der Waals surface area contributed by atoms with Gasteiger partial charge in [0.2, 0.25) is 21.8 Å². The number of Topliss-reactive ketones (excluding diaryl/α,β-unsaturated/α-hetero) is 1. The van der Waals surface area contributed by atoms with Crippen molar-refractivity contribution in [1.82, 2.24) is 4.31 Å². The summed E-state index contributed by atoms with van der Waals surface area (Å²) in [6.07, 6.45) is 2.21. The molecule has 2 aliphatic rings. The lowest BCUT2D eigenvalue weighted by Crippen LogP contribution is -2.41. The van der Waals surface area contributed by atoms with Crippen LogP contribution in [0.15, 0.2) is 53.4 Å². The third-order valence-corrected chi connectivity index (χ3v) is 8.13. The number of ketones is 1. The van der Waals surface area contributed by atoms with E-state index >= 15 is 0 Å². The fraction of sp³-hybridized carbons (Fsp3) is 0.375. The van der Waals surface area contributed by atoms with Crippen LogP contribution in [0.5, 0.6) is 0 Å². The van der Waals surface area contributed by atoms with Crippen molar-refractivity contribution in [3.63, 3.8) is 0 Å². The van der Waals surface area contributed by atoms with Gasteiger partial charge in [-0.15, -0.1) is 0 Å². The molecule has 0 radical (unpaired) electrons. The molecule has 0 aromatic heterocycles. The number of carbonyl (C=O) groups excluding carboxylic acids is 3. The van der Waals surface area contributed by atoms with E-state index in [1.165, 1.54) is 35.5 Å². The van der Waals surface area contributed by atoms with Crippen LogP contribution in [0.3, 0.4) is 0 Å². The number of carbonyl (C=O) groups is 3. The molecule has 174 valence electrons. The van der Waals surface area contributed by atoms with Gasteiger partial charge < -0.3 is 10.2 Å². The van der Waals surface area contributed by atoms with Crippen molar-refractivity contribution >= 4 is 39.0 Å². The van der Waals surface area contributed by atoms with Crippen LogP contribution >= 0.6 is 0 Å². The Balaban J connectivity index is 1.36. The maximum absolute atomic E-state index is 12.9. The topological polar surface area (TPSA) is 104 Å². The Hall–Kier alpha value is -3.04. The maximum atomic E-state index is 12.9. The van der Waals surface area contributed by atoms with Crippen molar-refractivity contribution in [2.45, 2.75) is 37.5 Å². The van der Waals surface area contributed by atoms with Crippen LogP contribution < -0.4 is 10.2 Å². The predicted molar refractivity (Wildman–Crippen MR) is 125 cm³/mol. The van der Waals surface area contributed by atoms with Crippen molar-refractivity contribution in [2.24, 2.45) is 5.92 Å². The van der Waals surface area contributed by atoms with Crippen molar-refractivity contribution in [2.75, 3.05) is 29.9 Å². The summed E-state index contributed by atoms with van der Waals surface area (Å²) in [7, 11) is -3.68. The second-order valence-corrected chi connectivity index (χ2v) is 10.4. The van der Waals surface area contributed by atoms with Gasteiger partial charge in [0.05, 0.1) is 4.90 Å². The Morgan fingerprint density at radius 1 is 1.00 bits per heavy atom. The zero-order valence-corrected chi connectivity index (χ0v) is 19.3. The van der Waals surface area contributed by atoms with Crippen molar-refractivity contribution in [3.05, 3.63) is 54.1 Å². The monoisotopic (exact) mass is 469 g/mol. The Labute approximate surface area is 193 Å². The highest BCUT2D eigenvalue weighted by Gasteiger charge is 2.32. The van der Waals surface area contributed by atoms with Gasteiger partial charge in [0, 0.05) is 48.9 Å². The summed E-state index contributed by atoms with van der Waals surface area (Å²) in [6, 6.07) is 13.2. The molecule has 2 saturated heterocycles. The number of anilines is 2. The van der Waals surface area contributed by atoms with Crippen LogP contribution in [0.25, 0.3) is 0 Å². The summed E-state index contributed by atoms with van der Waals surface area (Å²) >= 11 is 0. The average molecular weight is 470 g/mol. The molecular formula is C24H27N3O5S. The third kappa shape index (κ3) is 4.99. The summed E-state index contributed by atoms with van der Waals surface area (Å²) < 4.78 is 27.3. The molecule has 0 atom stereocenters. The number of hydrogen-bond donors (Lipinski definition) is 1. The highest BCUT2D eigenvalue weighted by molar-refractivity contribution is 7.89. The lowest BCUT2D eigenvalue weighted by molar-refractivity contribution is -0.121. The second-order valence-electron chi connectivity index (χ2n) is 8.45. The Morgan fingerprint density at radius 2 is 1.70 bits per heavy atom. The lowest BCUT2D eigenvalue weighted by Gasteiger charge is -2.30. The normalized spacial score (nSPS) is 17.8. The Kier molecular flexibility index (Phi) is 6.62. The van der Waals surface area contributed by atoms with Crippen LogP contribution in [0.4, 0.5) is 11.4 Å². The molecule has 8 nitrogen and oxygen atoms in total. The van der Waals surface area contributed by atoms with Crippen LogP contribution in [-0.4, -0.2) is 50.0 Å². The van der Waals surface area contributed by atoms with Gasteiger partial charge in [-0.25, -0.2) is 8.42 Å². The molecule has 2 amide bonds. The molecule has 0 aliphatic carbocycles. The van der Waals surface area contributed by atoms with Gasteiger partial charge in [0.25, 0.3) is 0 Å². The fourth-order valence-corrected chi connectivity index (χ4v) is 5.76. The first-order valence-corrected chi connectivity index (χ1v) is 12.5. The fourth-order valence-electron chi connectivity index (χ4n) is 4.29. The van der Waals surface area contributed by atoms with E-state index in [9.17, 15) is 22.8 Å². The summed E-state index contributed by atoms with van der Waals surface area (Å²) in [4.78, 5) is 38.1. The standard InChI is InChI=1S/C24H27N3O5S/c1-17(28)18-7-9-22(10-8-18)33(31,32)26-14-11-19(12-15-26)24(30)25-20-4-2-5-21(16-20)27-13-3-6-23(27)29/h2,4-5,7-10,16,19H,3,6,11-15H2,1H3,(H,25,30). The van der Waals surface area contributed by atoms with Crippen LogP contribution in [0.1, 0.15) is 43.0 Å². The van der Waals surface area contributed by atoms with E-state index in [0.717, 1.165) is 12.1 Å². The van der Waals surface area contributed by atoms with Crippen molar-refractivity contribution < 1.29 is 22.8 Å².